The molecule has 2 aromatic rings. The maximum absolute atomic E-state index is 12.8. The van der Waals surface area contributed by atoms with Gasteiger partial charge in [-0.2, -0.15) is 13.2 Å². The van der Waals surface area contributed by atoms with Crippen molar-refractivity contribution in [2.45, 2.75) is 31.2 Å². The molecule has 1 aliphatic heterocycles. The van der Waals surface area contributed by atoms with E-state index in [0.717, 1.165) is 12.1 Å². The van der Waals surface area contributed by atoms with Gasteiger partial charge in [-0.05, 0) is 36.4 Å². The number of carbonyl (C=O) groups excluding carboxylic acids is 3. The van der Waals surface area contributed by atoms with Crippen molar-refractivity contribution < 1.29 is 41.8 Å². The molecule has 0 radical (unpaired) electrons. The van der Waals surface area contributed by atoms with Gasteiger partial charge in [0.25, 0.3) is 0 Å². The van der Waals surface area contributed by atoms with E-state index < -0.39 is 48.2 Å². The molecule has 1 saturated heterocycles. The summed E-state index contributed by atoms with van der Waals surface area (Å²) < 4.78 is 54.7. The van der Waals surface area contributed by atoms with E-state index in [4.69, 9.17) is 14.2 Å². The summed E-state index contributed by atoms with van der Waals surface area (Å²) in [4.78, 5) is 36.6. The molecule has 178 valence electrons. The number of ether oxygens (including phenoxy) is 3. The number of fused-ring (bicyclic) bond motifs is 1. The minimum atomic E-state index is -4.52. The Morgan fingerprint density at radius 1 is 1.09 bits per heavy atom. The molecule has 4 unspecified atom stereocenters. The number of alkyl halides is 3. The molecular weight excluding hydrogens is 453 g/mol. The van der Waals surface area contributed by atoms with E-state index in [2.05, 4.69) is 0 Å². The minimum Gasteiger partial charge on any atom is -0.485 e. The van der Waals surface area contributed by atoms with E-state index in [9.17, 15) is 27.6 Å². The first-order valence-corrected chi connectivity index (χ1v) is 10.7. The van der Waals surface area contributed by atoms with Gasteiger partial charge in [0.2, 0.25) is 0 Å². The first-order valence-electron chi connectivity index (χ1n) is 10.7. The van der Waals surface area contributed by atoms with Crippen LogP contribution < -0.4 is 4.74 Å². The number of benzene rings is 2. The van der Waals surface area contributed by atoms with E-state index in [1.54, 1.807) is 36.4 Å². The second-order valence-electron chi connectivity index (χ2n) is 8.16. The van der Waals surface area contributed by atoms with Gasteiger partial charge in [0.05, 0.1) is 17.5 Å². The lowest BCUT2D eigenvalue weighted by Gasteiger charge is -2.20. The molecule has 1 saturated carbocycles. The van der Waals surface area contributed by atoms with Crippen LogP contribution in [0.5, 0.6) is 5.75 Å². The van der Waals surface area contributed by atoms with Crippen molar-refractivity contribution in [1.29, 1.82) is 0 Å². The summed E-state index contributed by atoms with van der Waals surface area (Å²) in [6.45, 7) is -0.470. The number of ketones is 1. The summed E-state index contributed by atoms with van der Waals surface area (Å²) in [5.41, 5.74) is -0.496. The first-order chi connectivity index (χ1) is 16.2. The summed E-state index contributed by atoms with van der Waals surface area (Å²) in [7, 11) is 0. The van der Waals surface area contributed by atoms with Crippen molar-refractivity contribution >= 4 is 17.7 Å². The molecular formula is C25H21F3O6. The summed E-state index contributed by atoms with van der Waals surface area (Å²) >= 11 is 0. The highest BCUT2D eigenvalue weighted by molar-refractivity contribution is 5.91. The van der Waals surface area contributed by atoms with Crippen LogP contribution in [0.2, 0.25) is 0 Å². The Morgan fingerprint density at radius 3 is 2.59 bits per heavy atom. The van der Waals surface area contributed by atoms with Gasteiger partial charge < -0.3 is 14.2 Å². The smallest absolute Gasteiger partial charge is 0.416 e. The van der Waals surface area contributed by atoms with Crippen molar-refractivity contribution in [3.05, 3.63) is 77.9 Å². The van der Waals surface area contributed by atoms with Gasteiger partial charge in [-0.1, -0.05) is 30.3 Å². The van der Waals surface area contributed by atoms with Crippen LogP contribution in [0.25, 0.3) is 0 Å². The Bertz CT molecular complexity index is 1100. The average molecular weight is 474 g/mol. The fraction of sp³-hybridized carbons (Fsp3) is 0.320. The second-order valence-corrected chi connectivity index (χ2v) is 8.16. The molecule has 0 bridgehead atoms. The van der Waals surface area contributed by atoms with Gasteiger partial charge in [-0.25, -0.2) is 4.79 Å². The molecule has 6 nitrogen and oxygen atoms in total. The highest BCUT2D eigenvalue weighted by Crippen LogP contribution is 2.43. The second kappa shape index (κ2) is 9.70. The SMILES string of the molecule is O=C(/C=C/C1C(OC(=O)c2ccccc2)CC2OC(=O)CC21)COc1cccc(C(F)(F)F)c1. The van der Waals surface area contributed by atoms with Gasteiger partial charge in [0.15, 0.2) is 12.4 Å². The first kappa shape index (κ1) is 23.5. The molecule has 9 heteroatoms. The van der Waals surface area contributed by atoms with Crippen LogP contribution in [-0.2, 0) is 25.2 Å². The summed E-state index contributed by atoms with van der Waals surface area (Å²) in [5, 5.41) is 0. The van der Waals surface area contributed by atoms with Crippen molar-refractivity contribution in [1.82, 2.24) is 0 Å². The normalized spacial score (nSPS) is 24.0. The highest BCUT2D eigenvalue weighted by Gasteiger charge is 2.50. The lowest BCUT2D eigenvalue weighted by molar-refractivity contribution is -0.142. The predicted molar refractivity (Wildman–Crippen MR) is 113 cm³/mol. The molecule has 0 amide bonds. The number of halogens is 3. The van der Waals surface area contributed by atoms with Crippen LogP contribution in [-0.4, -0.2) is 36.5 Å². The zero-order valence-electron chi connectivity index (χ0n) is 17.9. The van der Waals surface area contributed by atoms with Gasteiger partial charge in [0, 0.05) is 18.3 Å². The molecule has 1 aliphatic carbocycles. The monoisotopic (exact) mass is 474 g/mol. The zero-order valence-corrected chi connectivity index (χ0v) is 17.9. The molecule has 0 N–H and O–H groups in total. The largest absolute Gasteiger partial charge is 0.485 e. The van der Waals surface area contributed by atoms with Gasteiger partial charge >= 0.3 is 18.1 Å². The number of hydrogen-bond acceptors (Lipinski definition) is 6. The van der Waals surface area contributed by atoms with E-state index >= 15 is 0 Å². The minimum absolute atomic E-state index is 0.0815. The van der Waals surface area contributed by atoms with Gasteiger partial charge in [0.1, 0.15) is 18.0 Å². The molecule has 4 rings (SSSR count). The quantitative estimate of drug-likeness (QED) is 0.438. The Hall–Kier alpha value is -3.62. The van der Waals surface area contributed by atoms with Crippen LogP contribution in [0.1, 0.15) is 28.8 Å². The lowest BCUT2D eigenvalue weighted by atomic mass is 9.91. The topological polar surface area (TPSA) is 78.9 Å². The van der Waals surface area contributed by atoms with Crippen molar-refractivity contribution in [2.24, 2.45) is 11.8 Å². The fourth-order valence-electron chi connectivity index (χ4n) is 4.25. The van der Waals surface area contributed by atoms with E-state index in [1.165, 1.54) is 18.2 Å². The van der Waals surface area contributed by atoms with Crippen LogP contribution in [0.15, 0.2) is 66.7 Å². The standard InChI is InChI=1S/C25H21F3O6/c26-25(27,28)16-7-4-8-18(11-16)32-14-17(29)9-10-19-20-12-23(30)33-22(20)13-21(19)34-24(31)15-5-2-1-3-6-15/h1-11,19-22H,12-14H2/b10-9+. The third-order valence-electron chi connectivity index (χ3n) is 5.87. The highest BCUT2D eigenvalue weighted by atomic mass is 19.4. The summed E-state index contributed by atoms with van der Waals surface area (Å²) in [5.74, 6) is -2.10. The summed E-state index contributed by atoms with van der Waals surface area (Å²) in [6, 6.07) is 12.7. The molecule has 0 aromatic heterocycles. The molecule has 34 heavy (non-hydrogen) atoms. The van der Waals surface area contributed by atoms with Gasteiger partial charge in [-0.15, -0.1) is 0 Å². The molecule has 0 spiro atoms. The maximum atomic E-state index is 12.8. The van der Waals surface area contributed by atoms with Crippen molar-refractivity contribution in [3.63, 3.8) is 0 Å². The van der Waals surface area contributed by atoms with Crippen molar-refractivity contribution in [3.8, 4) is 5.75 Å². The zero-order chi connectivity index (χ0) is 24.3. The summed E-state index contributed by atoms with van der Waals surface area (Å²) in [6.07, 6.45) is -2.25. The Labute approximate surface area is 193 Å². The maximum Gasteiger partial charge on any atom is 0.416 e. The van der Waals surface area contributed by atoms with Crippen LogP contribution in [0.3, 0.4) is 0 Å². The Morgan fingerprint density at radius 2 is 1.85 bits per heavy atom. The van der Waals surface area contributed by atoms with E-state index in [-0.39, 0.29) is 24.1 Å². The van der Waals surface area contributed by atoms with E-state index in [1.807, 2.05) is 0 Å². The third-order valence-corrected chi connectivity index (χ3v) is 5.87. The number of hydrogen-bond donors (Lipinski definition) is 0. The van der Waals surface area contributed by atoms with Crippen molar-refractivity contribution in [2.75, 3.05) is 6.61 Å². The van der Waals surface area contributed by atoms with Gasteiger partial charge in [-0.3, -0.25) is 9.59 Å². The Balaban J connectivity index is 1.40. The number of carbonyl (C=O) groups is 3. The molecule has 2 aliphatic rings. The molecule has 1 heterocycles. The van der Waals surface area contributed by atoms with E-state index in [0.29, 0.717) is 12.0 Å². The molecule has 4 atom stereocenters. The molecule has 2 aromatic carbocycles. The average Bonchev–Trinajstić information content (AvgIpc) is 3.31. The van der Waals surface area contributed by atoms with Crippen LogP contribution in [0.4, 0.5) is 13.2 Å². The van der Waals surface area contributed by atoms with Crippen LogP contribution >= 0.6 is 0 Å². The number of rotatable bonds is 7. The Kier molecular flexibility index (Phi) is 6.72. The lowest BCUT2D eigenvalue weighted by Crippen LogP contribution is -2.25. The van der Waals surface area contributed by atoms with Crippen LogP contribution in [0, 0.1) is 11.8 Å². The third kappa shape index (κ3) is 5.47. The fourth-order valence-corrected chi connectivity index (χ4v) is 4.25. The molecule has 2 fully saturated rings. The predicted octanol–water partition coefficient (Wildman–Crippen LogP) is 4.39. The number of esters is 2.